The van der Waals surface area contributed by atoms with E-state index in [9.17, 15) is 9.59 Å². The third-order valence-corrected chi connectivity index (χ3v) is 2.29. The molecule has 1 N–H and O–H groups in total. The number of carbonyl (C=O) groups is 2. The Morgan fingerprint density at radius 1 is 1.50 bits per heavy atom. The Bertz CT molecular complexity index is 245. The molecule has 0 saturated carbocycles. The lowest BCUT2D eigenvalue weighted by Gasteiger charge is -2.23. The molecule has 0 aromatic heterocycles. The third-order valence-electron chi connectivity index (χ3n) is 2.29. The summed E-state index contributed by atoms with van der Waals surface area (Å²) in [6.45, 7) is 3.44. The van der Waals surface area contributed by atoms with Crippen LogP contribution in [-0.2, 0) is 14.3 Å². The van der Waals surface area contributed by atoms with Crippen LogP contribution >= 0.6 is 0 Å². The summed E-state index contributed by atoms with van der Waals surface area (Å²) in [7, 11) is 1.20. The summed E-state index contributed by atoms with van der Waals surface area (Å²) in [5, 5.41) is 9.02. The molecule has 4 heteroatoms. The van der Waals surface area contributed by atoms with Gasteiger partial charge >= 0.3 is 11.9 Å². The lowest BCUT2D eigenvalue weighted by atomic mass is 9.81. The van der Waals surface area contributed by atoms with Gasteiger partial charge in [-0.1, -0.05) is 19.1 Å². The first-order chi connectivity index (χ1) is 6.55. The maximum Gasteiger partial charge on any atom is 0.323 e. The number of carboxylic acids is 1. The molecule has 0 fully saturated rings. The van der Waals surface area contributed by atoms with Crippen molar-refractivity contribution >= 4 is 11.9 Å². The SMILES string of the molecule is CC=CC[C@](CC)(C(=O)O)C(=O)OC. The highest BCUT2D eigenvalue weighted by Crippen LogP contribution is 2.29. The molecule has 0 heterocycles. The summed E-state index contributed by atoms with van der Waals surface area (Å²) in [6, 6.07) is 0. The minimum absolute atomic E-state index is 0.169. The summed E-state index contributed by atoms with van der Waals surface area (Å²) in [5.41, 5.74) is -1.43. The molecule has 0 aliphatic rings. The number of esters is 1. The van der Waals surface area contributed by atoms with Gasteiger partial charge in [0.05, 0.1) is 7.11 Å². The van der Waals surface area contributed by atoms with Gasteiger partial charge < -0.3 is 9.84 Å². The van der Waals surface area contributed by atoms with Crippen LogP contribution in [0.1, 0.15) is 26.7 Å². The van der Waals surface area contributed by atoms with Gasteiger partial charge in [0.15, 0.2) is 5.41 Å². The van der Waals surface area contributed by atoms with E-state index in [1.54, 1.807) is 26.0 Å². The smallest absolute Gasteiger partial charge is 0.323 e. The van der Waals surface area contributed by atoms with Crippen LogP contribution in [0, 0.1) is 5.41 Å². The maximum absolute atomic E-state index is 11.4. The minimum Gasteiger partial charge on any atom is -0.480 e. The maximum atomic E-state index is 11.4. The van der Waals surface area contributed by atoms with Gasteiger partial charge in [-0.3, -0.25) is 9.59 Å². The quantitative estimate of drug-likeness (QED) is 0.416. The number of aliphatic carboxylic acids is 1. The summed E-state index contributed by atoms with van der Waals surface area (Å²) in [4.78, 5) is 22.4. The Kier molecular flexibility index (Phi) is 4.91. The highest BCUT2D eigenvalue weighted by molar-refractivity contribution is 5.99. The van der Waals surface area contributed by atoms with Gasteiger partial charge in [-0.25, -0.2) is 0 Å². The summed E-state index contributed by atoms with van der Waals surface area (Å²) in [5.74, 6) is -1.82. The molecule has 0 saturated heterocycles. The summed E-state index contributed by atoms with van der Waals surface area (Å²) >= 11 is 0. The summed E-state index contributed by atoms with van der Waals surface area (Å²) < 4.78 is 4.51. The molecule has 14 heavy (non-hydrogen) atoms. The molecule has 0 amide bonds. The molecular formula is C10H16O4. The minimum atomic E-state index is -1.43. The Morgan fingerprint density at radius 3 is 2.36 bits per heavy atom. The topological polar surface area (TPSA) is 63.6 Å². The number of methoxy groups -OCH3 is 1. The second-order valence-corrected chi connectivity index (χ2v) is 3.01. The lowest BCUT2D eigenvalue weighted by molar-refractivity contribution is -0.167. The zero-order valence-electron chi connectivity index (χ0n) is 8.74. The lowest BCUT2D eigenvalue weighted by Crippen LogP contribution is -2.39. The first kappa shape index (κ1) is 12.7. The highest BCUT2D eigenvalue weighted by Gasteiger charge is 2.44. The van der Waals surface area contributed by atoms with E-state index in [2.05, 4.69) is 4.74 Å². The van der Waals surface area contributed by atoms with Crippen LogP contribution < -0.4 is 0 Å². The molecule has 1 atom stereocenters. The van der Waals surface area contributed by atoms with E-state index in [4.69, 9.17) is 5.11 Å². The van der Waals surface area contributed by atoms with Crippen LogP contribution in [0.15, 0.2) is 12.2 Å². The fourth-order valence-corrected chi connectivity index (χ4v) is 1.21. The number of carbonyl (C=O) groups excluding carboxylic acids is 1. The van der Waals surface area contributed by atoms with E-state index >= 15 is 0 Å². The van der Waals surface area contributed by atoms with E-state index < -0.39 is 17.4 Å². The Hall–Kier alpha value is -1.32. The van der Waals surface area contributed by atoms with Crippen molar-refractivity contribution in [3.63, 3.8) is 0 Å². The van der Waals surface area contributed by atoms with Gasteiger partial charge in [0, 0.05) is 0 Å². The zero-order chi connectivity index (χ0) is 11.2. The second kappa shape index (κ2) is 5.42. The van der Waals surface area contributed by atoms with Gasteiger partial charge in [-0.15, -0.1) is 0 Å². The molecule has 80 valence electrons. The van der Waals surface area contributed by atoms with Crippen LogP contribution in [0.25, 0.3) is 0 Å². The third kappa shape index (κ3) is 2.34. The molecule has 4 nitrogen and oxygen atoms in total. The van der Waals surface area contributed by atoms with Crippen molar-refractivity contribution in [1.82, 2.24) is 0 Å². The normalized spacial score (nSPS) is 15.1. The number of allylic oxidation sites excluding steroid dienone is 2. The predicted molar refractivity (Wildman–Crippen MR) is 51.8 cm³/mol. The fourth-order valence-electron chi connectivity index (χ4n) is 1.21. The predicted octanol–water partition coefficient (Wildman–Crippen LogP) is 1.61. The number of carboxylic acid groups (broad SMARTS) is 1. The first-order valence-corrected chi connectivity index (χ1v) is 4.48. The molecule has 0 aliphatic heterocycles. The van der Waals surface area contributed by atoms with Gasteiger partial charge in [0.2, 0.25) is 0 Å². The van der Waals surface area contributed by atoms with E-state index in [-0.39, 0.29) is 12.8 Å². The molecule has 0 rings (SSSR count). The first-order valence-electron chi connectivity index (χ1n) is 4.48. The van der Waals surface area contributed by atoms with E-state index in [1.807, 2.05) is 0 Å². The van der Waals surface area contributed by atoms with Crippen LogP contribution in [0.4, 0.5) is 0 Å². The average molecular weight is 200 g/mol. The van der Waals surface area contributed by atoms with Gasteiger partial charge in [-0.2, -0.15) is 0 Å². The van der Waals surface area contributed by atoms with Gasteiger partial charge in [-0.05, 0) is 19.8 Å². The molecular weight excluding hydrogens is 184 g/mol. The molecule has 0 spiro atoms. The molecule has 0 unspecified atom stereocenters. The number of ether oxygens (including phenoxy) is 1. The molecule has 0 aromatic rings. The van der Waals surface area contributed by atoms with Crippen molar-refractivity contribution in [2.24, 2.45) is 5.41 Å². The Labute approximate surface area is 83.6 Å². The largest absolute Gasteiger partial charge is 0.480 e. The molecule has 0 aromatic carbocycles. The van der Waals surface area contributed by atoms with Crippen molar-refractivity contribution in [2.75, 3.05) is 7.11 Å². The van der Waals surface area contributed by atoms with Gasteiger partial charge in [0.1, 0.15) is 0 Å². The van der Waals surface area contributed by atoms with Crippen molar-refractivity contribution in [3.05, 3.63) is 12.2 Å². The van der Waals surface area contributed by atoms with Crippen LogP contribution in [-0.4, -0.2) is 24.2 Å². The van der Waals surface area contributed by atoms with Crippen molar-refractivity contribution in [1.29, 1.82) is 0 Å². The van der Waals surface area contributed by atoms with Crippen molar-refractivity contribution in [3.8, 4) is 0 Å². The van der Waals surface area contributed by atoms with E-state index in [0.717, 1.165) is 0 Å². The van der Waals surface area contributed by atoms with Crippen LogP contribution in [0.2, 0.25) is 0 Å². The summed E-state index contributed by atoms with van der Waals surface area (Å²) in [6.07, 6.45) is 3.77. The van der Waals surface area contributed by atoms with E-state index in [1.165, 1.54) is 7.11 Å². The number of rotatable bonds is 5. The van der Waals surface area contributed by atoms with Crippen LogP contribution in [0.3, 0.4) is 0 Å². The number of hydrogen-bond acceptors (Lipinski definition) is 3. The zero-order valence-corrected chi connectivity index (χ0v) is 8.74. The van der Waals surface area contributed by atoms with Crippen molar-refractivity contribution < 1.29 is 19.4 Å². The molecule has 0 bridgehead atoms. The van der Waals surface area contributed by atoms with Crippen LogP contribution in [0.5, 0.6) is 0 Å². The Morgan fingerprint density at radius 2 is 2.07 bits per heavy atom. The van der Waals surface area contributed by atoms with E-state index in [0.29, 0.717) is 0 Å². The van der Waals surface area contributed by atoms with Crippen molar-refractivity contribution in [2.45, 2.75) is 26.7 Å². The molecule has 0 aliphatic carbocycles. The highest BCUT2D eigenvalue weighted by atomic mass is 16.5. The second-order valence-electron chi connectivity index (χ2n) is 3.01. The monoisotopic (exact) mass is 200 g/mol. The Balaban J connectivity index is 4.97. The average Bonchev–Trinajstić information content (AvgIpc) is 2.18. The molecule has 0 radical (unpaired) electrons. The fraction of sp³-hybridized carbons (Fsp3) is 0.600. The standard InChI is InChI=1S/C10H16O4/c1-4-6-7-10(5-2,8(11)12)9(13)14-3/h4,6H,5,7H2,1-3H3,(H,11,12)/t10-/m1/s1. The number of hydrogen-bond donors (Lipinski definition) is 1. The van der Waals surface area contributed by atoms with Gasteiger partial charge in [0.25, 0.3) is 0 Å².